The van der Waals surface area contributed by atoms with Crippen LogP contribution < -0.4 is 29.4 Å². The summed E-state index contributed by atoms with van der Waals surface area (Å²) in [5, 5.41) is 13.5. The molecule has 2 heterocycles. The van der Waals surface area contributed by atoms with Crippen LogP contribution >= 0.6 is 0 Å². The average molecular weight is 440 g/mol. The minimum absolute atomic E-state index is 0. The molecule has 0 unspecified atom stereocenters. The van der Waals surface area contributed by atoms with Gasteiger partial charge in [0.15, 0.2) is 23.9 Å². The Hall–Kier alpha value is -4.01. The van der Waals surface area contributed by atoms with Gasteiger partial charge in [-0.1, -0.05) is 19.9 Å². The standard InChI is InChI=1S/C23H21NO8.H2/c1-12(2)21(23(27)28)24-20(25)10-29-14-4-5-15-17(9-14)32-19(22(15)26)8-13-3-6-16-18(7-13)31-11-30-16;/h3-9,12,21H,10-11H2,1-2H3,(H,24,25)(H,27,28);1H/p-1/b19-8-;/t21-;/m0./s1. The highest BCUT2D eigenvalue weighted by Gasteiger charge is 2.28. The molecule has 1 amide bonds. The highest BCUT2D eigenvalue weighted by atomic mass is 16.7. The van der Waals surface area contributed by atoms with Gasteiger partial charge in [-0.2, -0.15) is 0 Å². The Bertz CT molecular complexity index is 1130. The number of allylic oxidation sites excluding steroid dienone is 1. The number of Topliss-reactive ketones (excluding diaryl/α,β-unsaturated/α-hetero) is 1. The summed E-state index contributed by atoms with van der Waals surface area (Å²) < 4.78 is 21.7. The van der Waals surface area contributed by atoms with Crippen molar-refractivity contribution in [2.24, 2.45) is 5.92 Å². The van der Waals surface area contributed by atoms with Crippen molar-refractivity contribution in [3.8, 4) is 23.0 Å². The first-order valence-corrected chi connectivity index (χ1v) is 9.93. The summed E-state index contributed by atoms with van der Waals surface area (Å²) in [5.41, 5.74) is 1.08. The molecule has 0 saturated heterocycles. The van der Waals surface area contributed by atoms with Crippen molar-refractivity contribution in [2.45, 2.75) is 19.9 Å². The lowest BCUT2D eigenvalue weighted by Crippen LogP contribution is -2.51. The Labute approximate surface area is 185 Å². The Morgan fingerprint density at radius 3 is 2.69 bits per heavy atom. The number of carboxylic acid groups (broad SMARTS) is 1. The number of aliphatic carboxylic acids is 1. The van der Waals surface area contributed by atoms with E-state index in [-0.39, 0.29) is 25.7 Å². The van der Waals surface area contributed by atoms with Crippen LogP contribution in [0.2, 0.25) is 0 Å². The molecule has 2 aliphatic rings. The van der Waals surface area contributed by atoms with Gasteiger partial charge in [0, 0.05) is 7.49 Å². The number of rotatable bonds is 7. The van der Waals surface area contributed by atoms with Gasteiger partial charge in [0.1, 0.15) is 11.5 Å². The van der Waals surface area contributed by atoms with E-state index >= 15 is 0 Å². The SMILES string of the molecule is CC(C)[C@H](NC(=O)COc1ccc2c(c1)O/C(=C\c1ccc3c(c1)OCO3)C2=O)C(=O)[O-].[HH]. The molecule has 1 atom stereocenters. The molecule has 2 aromatic rings. The Morgan fingerprint density at radius 2 is 1.94 bits per heavy atom. The lowest BCUT2D eigenvalue weighted by Gasteiger charge is -2.23. The third-order valence-corrected chi connectivity index (χ3v) is 4.94. The van der Waals surface area contributed by atoms with Crippen LogP contribution in [0.3, 0.4) is 0 Å². The van der Waals surface area contributed by atoms with E-state index < -0.39 is 24.5 Å². The van der Waals surface area contributed by atoms with Gasteiger partial charge in [-0.05, 0) is 41.8 Å². The van der Waals surface area contributed by atoms with Gasteiger partial charge in [0.2, 0.25) is 12.6 Å². The zero-order valence-corrected chi connectivity index (χ0v) is 17.4. The molecule has 0 bridgehead atoms. The number of hydrogen-bond acceptors (Lipinski definition) is 8. The summed E-state index contributed by atoms with van der Waals surface area (Å²) in [5.74, 6) is -0.612. The molecule has 4 rings (SSSR count). The van der Waals surface area contributed by atoms with Gasteiger partial charge >= 0.3 is 0 Å². The molecule has 1 N–H and O–H groups in total. The predicted octanol–water partition coefficient (Wildman–Crippen LogP) is 1.55. The van der Waals surface area contributed by atoms with E-state index in [4.69, 9.17) is 18.9 Å². The number of hydrogen-bond donors (Lipinski definition) is 1. The number of nitrogens with one attached hydrogen (secondary N) is 1. The first-order chi connectivity index (χ1) is 15.3. The van der Waals surface area contributed by atoms with E-state index in [1.54, 1.807) is 44.2 Å². The highest BCUT2D eigenvalue weighted by molar-refractivity contribution is 6.14. The molecule has 0 radical (unpaired) electrons. The summed E-state index contributed by atoms with van der Waals surface area (Å²) in [6.45, 7) is 3.07. The normalized spacial score (nSPS) is 16.0. The van der Waals surface area contributed by atoms with E-state index in [9.17, 15) is 19.5 Å². The summed E-state index contributed by atoms with van der Waals surface area (Å²) in [4.78, 5) is 35.8. The second-order valence-electron chi connectivity index (χ2n) is 7.61. The van der Waals surface area contributed by atoms with Gasteiger partial charge in [-0.15, -0.1) is 0 Å². The maximum Gasteiger partial charge on any atom is 0.258 e. The zero-order valence-electron chi connectivity index (χ0n) is 17.4. The average Bonchev–Trinajstić information content (AvgIpc) is 3.34. The lowest BCUT2D eigenvalue weighted by molar-refractivity contribution is -0.309. The van der Waals surface area contributed by atoms with Crippen LogP contribution in [0.5, 0.6) is 23.0 Å². The summed E-state index contributed by atoms with van der Waals surface area (Å²) in [6, 6.07) is 8.75. The quantitative estimate of drug-likeness (QED) is 0.644. The van der Waals surface area contributed by atoms with Crippen molar-refractivity contribution < 1.29 is 39.9 Å². The molecule has 0 aliphatic carbocycles. The van der Waals surface area contributed by atoms with Crippen LogP contribution in [0.15, 0.2) is 42.2 Å². The van der Waals surface area contributed by atoms with Crippen LogP contribution in [-0.2, 0) is 9.59 Å². The number of carbonyl (C=O) groups is 3. The Balaban J connectivity index is 0.00000306. The number of carbonyl (C=O) groups excluding carboxylic acids is 3. The fraction of sp³-hybridized carbons (Fsp3) is 0.261. The first-order valence-electron chi connectivity index (χ1n) is 9.93. The molecule has 0 fully saturated rings. The smallest absolute Gasteiger partial charge is 0.258 e. The first kappa shape index (κ1) is 21.2. The van der Waals surface area contributed by atoms with Crippen molar-refractivity contribution >= 4 is 23.7 Å². The fourth-order valence-electron chi connectivity index (χ4n) is 3.27. The third-order valence-electron chi connectivity index (χ3n) is 4.94. The van der Waals surface area contributed by atoms with Gasteiger partial charge in [0.05, 0.1) is 17.6 Å². The maximum absolute atomic E-state index is 12.6. The van der Waals surface area contributed by atoms with Crippen LogP contribution in [0, 0.1) is 5.92 Å². The number of amides is 1. The van der Waals surface area contributed by atoms with Crippen LogP contribution in [-0.4, -0.2) is 37.1 Å². The van der Waals surface area contributed by atoms with E-state index in [0.717, 1.165) is 0 Å². The number of ether oxygens (including phenoxy) is 4. The molecule has 0 aromatic heterocycles. The molecular weight excluding hydrogens is 418 g/mol. The van der Waals surface area contributed by atoms with Crippen molar-refractivity contribution in [3.05, 3.63) is 53.3 Å². The minimum Gasteiger partial charge on any atom is -0.548 e. The van der Waals surface area contributed by atoms with Crippen molar-refractivity contribution in [2.75, 3.05) is 13.4 Å². The van der Waals surface area contributed by atoms with Crippen molar-refractivity contribution in [1.29, 1.82) is 0 Å². The second kappa shape index (κ2) is 8.62. The molecule has 0 saturated carbocycles. The summed E-state index contributed by atoms with van der Waals surface area (Å²) in [6.07, 6.45) is 1.60. The van der Waals surface area contributed by atoms with E-state index in [1.807, 2.05) is 0 Å². The molecular formula is C23H22NO8-. The Kier molecular flexibility index (Phi) is 5.72. The topological polar surface area (TPSA) is 123 Å². The number of carboxylic acids is 1. The van der Waals surface area contributed by atoms with Gasteiger partial charge in [-0.3, -0.25) is 9.59 Å². The van der Waals surface area contributed by atoms with E-state index in [0.29, 0.717) is 34.1 Å². The summed E-state index contributed by atoms with van der Waals surface area (Å²) >= 11 is 0. The maximum atomic E-state index is 12.6. The molecule has 168 valence electrons. The highest BCUT2D eigenvalue weighted by Crippen LogP contribution is 2.37. The van der Waals surface area contributed by atoms with Gasteiger partial charge < -0.3 is 34.2 Å². The summed E-state index contributed by atoms with van der Waals surface area (Å²) in [7, 11) is 0. The zero-order chi connectivity index (χ0) is 22.8. The van der Waals surface area contributed by atoms with Gasteiger partial charge in [0.25, 0.3) is 5.91 Å². The van der Waals surface area contributed by atoms with Crippen LogP contribution in [0.25, 0.3) is 6.08 Å². The van der Waals surface area contributed by atoms with E-state index in [1.165, 1.54) is 12.1 Å². The monoisotopic (exact) mass is 440 g/mol. The number of benzene rings is 2. The largest absolute Gasteiger partial charge is 0.548 e. The third kappa shape index (κ3) is 4.36. The predicted molar refractivity (Wildman–Crippen MR) is 111 cm³/mol. The number of ketones is 1. The van der Waals surface area contributed by atoms with Gasteiger partial charge in [-0.25, -0.2) is 0 Å². The van der Waals surface area contributed by atoms with Crippen molar-refractivity contribution in [3.63, 3.8) is 0 Å². The fourth-order valence-corrected chi connectivity index (χ4v) is 3.27. The minimum atomic E-state index is -1.36. The molecule has 9 heteroatoms. The second-order valence-corrected chi connectivity index (χ2v) is 7.61. The molecule has 2 aromatic carbocycles. The number of fused-ring (bicyclic) bond motifs is 2. The molecule has 2 aliphatic heterocycles. The van der Waals surface area contributed by atoms with E-state index in [2.05, 4.69) is 5.32 Å². The van der Waals surface area contributed by atoms with Crippen LogP contribution in [0.4, 0.5) is 0 Å². The molecule has 32 heavy (non-hydrogen) atoms. The Morgan fingerprint density at radius 1 is 1.16 bits per heavy atom. The molecule has 0 spiro atoms. The lowest BCUT2D eigenvalue weighted by atomic mass is 10.1. The van der Waals surface area contributed by atoms with Crippen LogP contribution in [0.1, 0.15) is 31.2 Å². The van der Waals surface area contributed by atoms with Crippen molar-refractivity contribution in [1.82, 2.24) is 5.32 Å². The molecule has 9 nitrogen and oxygen atoms in total.